The topological polar surface area (TPSA) is 84.3 Å². The number of likely N-dealkylation sites (N-methyl/N-ethyl adjacent to an activating group) is 1. The number of carbonyl (C=O) groups excluding carboxylic acids is 2. The molecule has 0 aliphatic heterocycles. The molecule has 0 bridgehead atoms. The highest BCUT2D eigenvalue weighted by Gasteiger charge is 2.21. The van der Waals surface area contributed by atoms with Crippen molar-refractivity contribution in [3.8, 4) is 0 Å². The lowest BCUT2D eigenvalue weighted by molar-refractivity contribution is -0.118. The Morgan fingerprint density at radius 3 is 2.77 bits per heavy atom. The van der Waals surface area contributed by atoms with Gasteiger partial charge in [-0.25, -0.2) is 4.98 Å². The van der Waals surface area contributed by atoms with Crippen LogP contribution in [0.1, 0.15) is 34.3 Å². The van der Waals surface area contributed by atoms with Crippen molar-refractivity contribution < 1.29 is 9.59 Å². The number of fused-ring (bicyclic) bond motifs is 1. The summed E-state index contributed by atoms with van der Waals surface area (Å²) in [4.78, 5) is 44.9. The molecule has 1 N–H and O–H groups in total. The monoisotopic (exact) mass is 436 g/mol. The Labute approximate surface area is 184 Å². The highest BCUT2D eigenvalue weighted by atomic mass is 32.1. The predicted octanol–water partition coefficient (Wildman–Crippen LogP) is 3.34. The second-order valence-electron chi connectivity index (χ2n) is 7.86. The van der Waals surface area contributed by atoms with Gasteiger partial charge in [-0.3, -0.25) is 19.7 Å². The Balaban J connectivity index is 1.48. The lowest BCUT2D eigenvalue weighted by Crippen LogP contribution is -2.34. The van der Waals surface area contributed by atoms with Gasteiger partial charge >= 0.3 is 0 Å². The summed E-state index contributed by atoms with van der Waals surface area (Å²) in [5.41, 5.74) is 1.76. The first-order valence-electron chi connectivity index (χ1n) is 10.2. The van der Waals surface area contributed by atoms with E-state index in [1.54, 1.807) is 7.05 Å². The van der Waals surface area contributed by atoms with E-state index in [-0.39, 0.29) is 23.9 Å². The number of anilines is 2. The second kappa shape index (κ2) is 8.85. The number of nitrogens with one attached hydrogen (secondary N) is 1. The van der Waals surface area contributed by atoms with Crippen LogP contribution in [0.4, 0.5) is 10.8 Å². The lowest BCUT2D eigenvalue weighted by Gasteiger charge is -2.18. The first kappa shape index (κ1) is 21.0. The molecule has 2 heterocycles. The third-order valence-corrected chi connectivity index (χ3v) is 6.51. The average Bonchev–Trinajstić information content (AvgIpc) is 3.16. The Bertz CT molecular complexity index is 1170. The van der Waals surface area contributed by atoms with Crippen LogP contribution in [-0.4, -0.2) is 28.4 Å². The zero-order valence-corrected chi connectivity index (χ0v) is 18.3. The molecule has 0 saturated heterocycles. The highest BCUT2D eigenvalue weighted by Crippen LogP contribution is 2.32. The van der Waals surface area contributed by atoms with Crippen LogP contribution >= 0.6 is 11.3 Å². The van der Waals surface area contributed by atoms with E-state index < -0.39 is 0 Å². The molecule has 0 spiro atoms. The van der Waals surface area contributed by atoms with Crippen LogP contribution in [0.25, 0.3) is 0 Å². The van der Waals surface area contributed by atoms with Gasteiger partial charge in [0.2, 0.25) is 5.91 Å². The molecule has 1 atom stereocenters. The van der Waals surface area contributed by atoms with E-state index in [1.165, 1.54) is 44.0 Å². The SMILES string of the molecule is C[C@H]1CCc2nc(NC(=O)c3ccc(=O)n(CC(=O)N(C)c4ccccc4)c3)sc2C1. The van der Waals surface area contributed by atoms with E-state index >= 15 is 0 Å². The normalized spacial score (nSPS) is 15.2. The van der Waals surface area contributed by atoms with Gasteiger partial charge in [-0.2, -0.15) is 0 Å². The fraction of sp³-hybridized carbons (Fsp3) is 0.304. The van der Waals surface area contributed by atoms with Crippen molar-refractivity contribution in [3.05, 3.63) is 75.1 Å². The molecule has 3 aromatic rings. The van der Waals surface area contributed by atoms with E-state index in [1.807, 2.05) is 30.3 Å². The van der Waals surface area contributed by atoms with Crippen molar-refractivity contribution in [2.24, 2.45) is 5.92 Å². The molecule has 2 aromatic heterocycles. The van der Waals surface area contributed by atoms with Crippen LogP contribution in [-0.2, 0) is 24.2 Å². The molecular weight excluding hydrogens is 412 g/mol. The van der Waals surface area contributed by atoms with Crippen LogP contribution in [0.3, 0.4) is 0 Å². The number of aromatic nitrogens is 2. The third kappa shape index (κ3) is 4.74. The Hall–Kier alpha value is -3.26. The Kier molecular flexibility index (Phi) is 5.99. The van der Waals surface area contributed by atoms with Gasteiger partial charge in [0.15, 0.2) is 5.13 Å². The van der Waals surface area contributed by atoms with Gasteiger partial charge in [0, 0.05) is 29.9 Å². The van der Waals surface area contributed by atoms with Crippen molar-refractivity contribution in [1.82, 2.24) is 9.55 Å². The van der Waals surface area contributed by atoms with Crippen molar-refractivity contribution in [2.45, 2.75) is 32.7 Å². The van der Waals surface area contributed by atoms with Gasteiger partial charge in [-0.05, 0) is 43.4 Å². The minimum absolute atomic E-state index is 0.158. The fourth-order valence-electron chi connectivity index (χ4n) is 3.60. The quantitative estimate of drug-likeness (QED) is 0.665. The summed E-state index contributed by atoms with van der Waals surface area (Å²) in [7, 11) is 1.66. The minimum Gasteiger partial charge on any atom is -0.314 e. The minimum atomic E-state index is -0.350. The van der Waals surface area contributed by atoms with E-state index in [0.717, 1.165) is 30.6 Å². The molecule has 31 heavy (non-hydrogen) atoms. The van der Waals surface area contributed by atoms with Gasteiger partial charge in [-0.1, -0.05) is 25.1 Å². The van der Waals surface area contributed by atoms with Crippen LogP contribution < -0.4 is 15.8 Å². The van der Waals surface area contributed by atoms with Crippen molar-refractivity contribution >= 4 is 34.0 Å². The molecule has 0 fully saturated rings. The number of thiazole rings is 1. The highest BCUT2D eigenvalue weighted by molar-refractivity contribution is 7.15. The van der Waals surface area contributed by atoms with Gasteiger partial charge in [-0.15, -0.1) is 11.3 Å². The van der Waals surface area contributed by atoms with Crippen LogP contribution in [0, 0.1) is 5.92 Å². The summed E-state index contributed by atoms with van der Waals surface area (Å²) in [5.74, 6) is 0.0240. The summed E-state index contributed by atoms with van der Waals surface area (Å²) in [5, 5.41) is 3.41. The number of carbonyl (C=O) groups is 2. The average molecular weight is 437 g/mol. The summed E-state index contributed by atoms with van der Waals surface area (Å²) >= 11 is 1.51. The summed E-state index contributed by atoms with van der Waals surface area (Å²) in [6.45, 7) is 2.06. The molecule has 0 unspecified atom stereocenters. The third-order valence-electron chi connectivity index (χ3n) is 5.48. The number of pyridine rings is 1. The number of rotatable bonds is 5. The molecule has 2 amide bonds. The van der Waals surface area contributed by atoms with Gasteiger partial charge < -0.3 is 9.47 Å². The molecule has 1 aliphatic rings. The number of aryl methyl sites for hydroxylation is 1. The van der Waals surface area contributed by atoms with E-state index in [0.29, 0.717) is 16.6 Å². The molecule has 0 saturated carbocycles. The zero-order chi connectivity index (χ0) is 22.0. The molecule has 8 heteroatoms. The predicted molar refractivity (Wildman–Crippen MR) is 122 cm³/mol. The summed E-state index contributed by atoms with van der Waals surface area (Å²) in [6, 6.07) is 12.0. The zero-order valence-electron chi connectivity index (χ0n) is 17.5. The van der Waals surface area contributed by atoms with Gasteiger partial charge in [0.25, 0.3) is 11.5 Å². The smallest absolute Gasteiger partial charge is 0.258 e. The Morgan fingerprint density at radius 1 is 1.23 bits per heavy atom. The number of benzene rings is 1. The number of para-hydroxylation sites is 1. The molecular formula is C23H24N4O3S. The summed E-state index contributed by atoms with van der Waals surface area (Å²) < 4.78 is 1.26. The largest absolute Gasteiger partial charge is 0.314 e. The first-order valence-corrected chi connectivity index (χ1v) is 11.0. The molecule has 1 aromatic carbocycles. The van der Waals surface area contributed by atoms with Gasteiger partial charge in [0.05, 0.1) is 11.3 Å². The number of nitrogens with zero attached hydrogens (tertiary/aromatic N) is 3. The van der Waals surface area contributed by atoms with Crippen LogP contribution in [0.5, 0.6) is 0 Å². The van der Waals surface area contributed by atoms with Crippen molar-refractivity contribution in [1.29, 1.82) is 0 Å². The number of hydrogen-bond acceptors (Lipinski definition) is 5. The maximum absolute atomic E-state index is 12.7. The number of amides is 2. The summed E-state index contributed by atoms with van der Waals surface area (Å²) in [6.07, 6.45) is 4.46. The van der Waals surface area contributed by atoms with Crippen LogP contribution in [0.2, 0.25) is 0 Å². The molecule has 4 rings (SSSR count). The van der Waals surface area contributed by atoms with E-state index in [2.05, 4.69) is 17.2 Å². The van der Waals surface area contributed by atoms with Crippen molar-refractivity contribution in [2.75, 3.05) is 17.3 Å². The lowest BCUT2D eigenvalue weighted by atomic mass is 9.93. The van der Waals surface area contributed by atoms with E-state index in [9.17, 15) is 14.4 Å². The maximum Gasteiger partial charge on any atom is 0.258 e. The Morgan fingerprint density at radius 2 is 2.00 bits per heavy atom. The maximum atomic E-state index is 12.7. The first-order chi connectivity index (χ1) is 14.9. The van der Waals surface area contributed by atoms with Crippen molar-refractivity contribution in [3.63, 3.8) is 0 Å². The second-order valence-corrected chi connectivity index (χ2v) is 8.95. The van der Waals surface area contributed by atoms with E-state index in [4.69, 9.17) is 0 Å². The molecule has 1 aliphatic carbocycles. The van der Waals surface area contributed by atoms with Gasteiger partial charge in [0.1, 0.15) is 6.54 Å². The van der Waals surface area contributed by atoms with Crippen LogP contribution in [0.15, 0.2) is 53.5 Å². The molecule has 160 valence electrons. The number of hydrogen-bond donors (Lipinski definition) is 1. The standard InChI is InChI=1S/C23H24N4O3S/c1-15-8-10-18-19(12-15)31-23(24-18)25-22(30)16-9-11-20(28)27(13-16)14-21(29)26(2)17-6-4-3-5-7-17/h3-7,9,11,13,15H,8,10,12,14H2,1-2H3,(H,24,25,30)/t15-/m0/s1. The molecule has 0 radical (unpaired) electrons. The fourth-order valence-corrected chi connectivity index (χ4v) is 4.77. The molecule has 7 nitrogen and oxygen atoms in total.